The van der Waals surface area contributed by atoms with Gasteiger partial charge in [-0.05, 0) is 68.0 Å². The quantitative estimate of drug-likeness (QED) is 0.497. The predicted octanol–water partition coefficient (Wildman–Crippen LogP) is 5.25. The maximum atomic E-state index is 6.34. The SMILES string of the molecule is CC(C)CNC1CCC(Nc2cc(-c3c[nH]c4ncccc34)cc(Cl)n2)CC1. The zero-order valence-corrected chi connectivity index (χ0v) is 17.3. The molecule has 0 amide bonds. The van der Waals surface area contributed by atoms with E-state index in [1.807, 2.05) is 18.3 Å². The summed E-state index contributed by atoms with van der Waals surface area (Å²) in [5.74, 6) is 1.55. The lowest BCUT2D eigenvalue weighted by atomic mass is 9.91. The second kappa shape index (κ2) is 8.50. The molecule has 0 bridgehead atoms. The minimum absolute atomic E-state index is 0.445. The predicted molar refractivity (Wildman–Crippen MR) is 117 cm³/mol. The number of aromatic nitrogens is 3. The molecule has 148 valence electrons. The van der Waals surface area contributed by atoms with Crippen LogP contribution >= 0.6 is 11.6 Å². The molecule has 0 radical (unpaired) electrons. The molecule has 4 rings (SSSR count). The molecule has 0 spiro atoms. The largest absolute Gasteiger partial charge is 0.367 e. The summed E-state index contributed by atoms with van der Waals surface area (Å²) < 4.78 is 0. The van der Waals surface area contributed by atoms with Crippen LogP contribution in [-0.2, 0) is 0 Å². The van der Waals surface area contributed by atoms with Gasteiger partial charge < -0.3 is 15.6 Å². The van der Waals surface area contributed by atoms with Crippen LogP contribution in [0.3, 0.4) is 0 Å². The van der Waals surface area contributed by atoms with Crippen molar-refractivity contribution in [3.05, 3.63) is 41.8 Å². The van der Waals surface area contributed by atoms with Gasteiger partial charge in [0.1, 0.15) is 16.6 Å². The van der Waals surface area contributed by atoms with Gasteiger partial charge in [0, 0.05) is 35.4 Å². The Bertz CT molecular complexity index is 928. The summed E-state index contributed by atoms with van der Waals surface area (Å²) in [6.45, 7) is 5.61. The van der Waals surface area contributed by atoms with Crippen LogP contribution in [0.25, 0.3) is 22.2 Å². The zero-order valence-electron chi connectivity index (χ0n) is 16.5. The number of nitrogens with one attached hydrogen (secondary N) is 3. The molecule has 1 aliphatic carbocycles. The maximum Gasteiger partial charge on any atom is 0.137 e. The van der Waals surface area contributed by atoms with Gasteiger partial charge in [0.05, 0.1) is 0 Å². The molecule has 0 aromatic carbocycles. The highest BCUT2D eigenvalue weighted by Crippen LogP contribution is 2.31. The first-order valence-electron chi connectivity index (χ1n) is 10.2. The van der Waals surface area contributed by atoms with E-state index in [0.717, 1.165) is 47.4 Å². The van der Waals surface area contributed by atoms with Gasteiger partial charge in [-0.15, -0.1) is 0 Å². The third-order valence-electron chi connectivity index (χ3n) is 5.45. The van der Waals surface area contributed by atoms with Gasteiger partial charge in [-0.1, -0.05) is 25.4 Å². The summed E-state index contributed by atoms with van der Waals surface area (Å²) in [5, 5.41) is 8.89. The fourth-order valence-electron chi connectivity index (χ4n) is 3.97. The number of halogens is 1. The lowest BCUT2D eigenvalue weighted by Gasteiger charge is -2.30. The summed E-state index contributed by atoms with van der Waals surface area (Å²) in [7, 11) is 0. The summed E-state index contributed by atoms with van der Waals surface area (Å²) in [4.78, 5) is 12.1. The van der Waals surface area contributed by atoms with E-state index >= 15 is 0 Å². The van der Waals surface area contributed by atoms with E-state index in [-0.39, 0.29) is 0 Å². The van der Waals surface area contributed by atoms with Crippen molar-refractivity contribution < 1.29 is 0 Å². The van der Waals surface area contributed by atoms with Gasteiger partial charge in [0.15, 0.2) is 0 Å². The van der Waals surface area contributed by atoms with E-state index in [0.29, 0.717) is 23.2 Å². The highest BCUT2D eigenvalue weighted by atomic mass is 35.5. The van der Waals surface area contributed by atoms with Crippen molar-refractivity contribution in [1.82, 2.24) is 20.3 Å². The Morgan fingerprint density at radius 2 is 1.96 bits per heavy atom. The third kappa shape index (κ3) is 4.47. The Labute approximate surface area is 171 Å². The third-order valence-corrected chi connectivity index (χ3v) is 5.64. The molecule has 3 N–H and O–H groups in total. The van der Waals surface area contributed by atoms with E-state index in [4.69, 9.17) is 11.6 Å². The maximum absolute atomic E-state index is 6.34. The van der Waals surface area contributed by atoms with Crippen molar-refractivity contribution in [3.63, 3.8) is 0 Å². The second-order valence-corrected chi connectivity index (χ2v) is 8.55. The van der Waals surface area contributed by atoms with Crippen molar-refractivity contribution in [3.8, 4) is 11.1 Å². The molecule has 3 aromatic rings. The standard InChI is InChI=1S/C22H28ClN5/c1-14(2)12-25-16-5-7-17(8-6-16)27-21-11-15(10-20(23)28-21)19-13-26-22-18(19)4-3-9-24-22/h3-4,9-11,13-14,16-17,25H,5-8,12H2,1-2H3,(H,24,26)(H,27,28). The molecule has 0 atom stereocenters. The van der Waals surface area contributed by atoms with Gasteiger partial charge in [-0.2, -0.15) is 0 Å². The average molecular weight is 398 g/mol. The summed E-state index contributed by atoms with van der Waals surface area (Å²) >= 11 is 6.34. The Kier molecular flexibility index (Phi) is 5.83. The molecule has 0 saturated heterocycles. The molecule has 28 heavy (non-hydrogen) atoms. The molecule has 6 heteroatoms. The van der Waals surface area contributed by atoms with E-state index in [2.05, 4.69) is 51.6 Å². The fraction of sp³-hybridized carbons (Fsp3) is 0.455. The topological polar surface area (TPSA) is 65.6 Å². The summed E-state index contributed by atoms with van der Waals surface area (Å²) in [5.41, 5.74) is 3.03. The number of aromatic amines is 1. The monoisotopic (exact) mass is 397 g/mol. The van der Waals surface area contributed by atoms with E-state index in [1.165, 1.54) is 12.8 Å². The van der Waals surface area contributed by atoms with Crippen LogP contribution in [-0.4, -0.2) is 33.6 Å². The number of H-pyrrole nitrogens is 1. The van der Waals surface area contributed by atoms with Gasteiger partial charge in [-0.25, -0.2) is 9.97 Å². The Hall–Kier alpha value is -2.11. The highest BCUT2D eigenvalue weighted by molar-refractivity contribution is 6.29. The van der Waals surface area contributed by atoms with Crippen LogP contribution in [0.15, 0.2) is 36.7 Å². The Balaban J connectivity index is 1.45. The number of nitrogens with zero attached hydrogens (tertiary/aromatic N) is 2. The van der Waals surface area contributed by atoms with Crippen LogP contribution in [0.5, 0.6) is 0 Å². The molecule has 0 aliphatic heterocycles. The van der Waals surface area contributed by atoms with Crippen LogP contribution in [0.1, 0.15) is 39.5 Å². The first-order chi connectivity index (χ1) is 13.6. The zero-order chi connectivity index (χ0) is 19.5. The molecule has 1 saturated carbocycles. The fourth-order valence-corrected chi connectivity index (χ4v) is 4.18. The highest BCUT2D eigenvalue weighted by Gasteiger charge is 2.21. The van der Waals surface area contributed by atoms with Gasteiger partial charge in [0.2, 0.25) is 0 Å². The number of pyridine rings is 2. The molecule has 3 heterocycles. The first-order valence-corrected chi connectivity index (χ1v) is 10.6. The molecular formula is C22H28ClN5. The lowest BCUT2D eigenvalue weighted by molar-refractivity contribution is 0.341. The molecule has 1 aliphatic rings. The second-order valence-electron chi connectivity index (χ2n) is 8.16. The lowest BCUT2D eigenvalue weighted by Crippen LogP contribution is -2.38. The minimum Gasteiger partial charge on any atom is -0.367 e. The van der Waals surface area contributed by atoms with Crippen molar-refractivity contribution in [2.24, 2.45) is 5.92 Å². The van der Waals surface area contributed by atoms with E-state index < -0.39 is 0 Å². The summed E-state index contributed by atoms with van der Waals surface area (Å²) in [6.07, 6.45) is 8.48. The first kappa shape index (κ1) is 19.2. The molecule has 1 fully saturated rings. The molecule has 5 nitrogen and oxygen atoms in total. The van der Waals surface area contributed by atoms with Gasteiger partial charge in [0.25, 0.3) is 0 Å². The van der Waals surface area contributed by atoms with Crippen LogP contribution in [0.2, 0.25) is 5.15 Å². The molecule has 0 unspecified atom stereocenters. The van der Waals surface area contributed by atoms with Crippen molar-refractivity contribution >= 4 is 28.5 Å². The van der Waals surface area contributed by atoms with Crippen molar-refractivity contribution in [2.45, 2.75) is 51.6 Å². The smallest absolute Gasteiger partial charge is 0.137 e. The molecule has 3 aromatic heterocycles. The number of rotatable bonds is 6. The minimum atomic E-state index is 0.445. The number of hydrogen-bond donors (Lipinski definition) is 3. The summed E-state index contributed by atoms with van der Waals surface area (Å²) in [6, 6.07) is 9.11. The van der Waals surface area contributed by atoms with Gasteiger partial charge >= 0.3 is 0 Å². The molecular weight excluding hydrogens is 370 g/mol. The normalized spacial score (nSPS) is 20.0. The van der Waals surface area contributed by atoms with Gasteiger partial charge in [-0.3, -0.25) is 0 Å². The number of anilines is 1. The Morgan fingerprint density at radius 1 is 1.18 bits per heavy atom. The van der Waals surface area contributed by atoms with Crippen LogP contribution < -0.4 is 10.6 Å². The average Bonchev–Trinajstić information content (AvgIpc) is 3.11. The number of hydrogen-bond acceptors (Lipinski definition) is 4. The van der Waals surface area contributed by atoms with E-state index in [9.17, 15) is 0 Å². The van der Waals surface area contributed by atoms with Crippen LogP contribution in [0.4, 0.5) is 5.82 Å². The number of fused-ring (bicyclic) bond motifs is 1. The Morgan fingerprint density at radius 3 is 2.75 bits per heavy atom. The van der Waals surface area contributed by atoms with Crippen molar-refractivity contribution in [1.29, 1.82) is 0 Å². The van der Waals surface area contributed by atoms with Crippen molar-refractivity contribution in [2.75, 3.05) is 11.9 Å². The van der Waals surface area contributed by atoms with Crippen LogP contribution in [0, 0.1) is 5.92 Å². The van der Waals surface area contributed by atoms with E-state index in [1.54, 1.807) is 6.20 Å².